The summed E-state index contributed by atoms with van der Waals surface area (Å²) in [5.41, 5.74) is 0.973. The van der Waals surface area contributed by atoms with E-state index in [2.05, 4.69) is 30.3 Å². The molecule has 70 valence electrons. The Morgan fingerprint density at radius 3 is 2.62 bits per heavy atom. The predicted octanol–water partition coefficient (Wildman–Crippen LogP) is -1.83. The number of aryl methyl sites for hydroxylation is 1. The third-order valence-corrected chi connectivity index (χ3v) is 1.37. The van der Waals surface area contributed by atoms with E-state index in [1.54, 1.807) is 4.68 Å². The molecule has 0 aliphatic rings. The molecule has 0 spiro atoms. The summed E-state index contributed by atoms with van der Waals surface area (Å²) in [6.45, 7) is 5.03. The average molecular weight is 206 g/mol. The van der Waals surface area contributed by atoms with Gasteiger partial charge < -0.3 is 23.5 Å². The van der Waals surface area contributed by atoms with Gasteiger partial charge in [0.15, 0.2) is 0 Å². The molecule has 0 aliphatic carbocycles. The smallest absolute Gasteiger partial charge is 0.428 e. The minimum Gasteiger partial charge on any atom is -0.428 e. The van der Waals surface area contributed by atoms with Crippen molar-refractivity contribution >= 4 is 0 Å². The third-order valence-electron chi connectivity index (χ3n) is 1.37. The van der Waals surface area contributed by atoms with Crippen LogP contribution in [0.25, 0.3) is 0 Å². The Labute approximate surface area is 124 Å². The van der Waals surface area contributed by atoms with Gasteiger partial charge in [0.1, 0.15) is 0 Å². The first kappa shape index (κ1) is 16.2. The van der Waals surface area contributed by atoms with Gasteiger partial charge in [-0.2, -0.15) is 6.20 Å². The zero-order valence-corrected chi connectivity index (χ0v) is 12.4. The van der Waals surface area contributed by atoms with Crippen molar-refractivity contribution in [1.82, 2.24) is 15.1 Å². The summed E-state index contributed by atoms with van der Waals surface area (Å²) in [5, 5.41) is 7.45. The minimum atomic E-state index is 0. The van der Waals surface area contributed by atoms with Crippen LogP contribution in [0.5, 0.6) is 0 Å². The van der Waals surface area contributed by atoms with E-state index in [0.717, 1.165) is 12.2 Å². The molecule has 1 aromatic rings. The van der Waals surface area contributed by atoms with Gasteiger partial charge in [0.05, 0.1) is 0 Å². The summed E-state index contributed by atoms with van der Waals surface area (Å²) in [6, 6.07) is 3.56. The Morgan fingerprint density at radius 1 is 1.62 bits per heavy atom. The van der Waals surface area contributed by atoms with E-state index < -0.39 is 0 Å². The van der Waals surface area contributed by atoms with E-state index in [1.807, 2.05) is 13.2 Å². The van der Waals surface area contributed by atoms with E-state index >= 15 is 0 Å². The SMILES string of the molecule is CC(C)NCc1[c-]cn(C)n1.[CH3-].[K+]. The van der Waals surface area contributed by atoms with Crippen molar-refractivity contribution in [1.29, 1.82) is 0 Å². The molecule has 1 N–H and O–H groups in total. The molecule has 1 aromatic heterocycles. The number of hydrogen-bond acceptors (Lipinski definition) is 2. The van der Waals surface area contributed by atoms with Gasteiger partial charge in [-0.1, -0.05) is 13.8 Å². The largest absolute Gasteiger partial charge is 1.00 e. The topological polar surface area (TPSA) is 29.9 Å². The van der Waals surface area contributed by atoms with Crippen LogP contribution in [0.4, 0.5) is 0 Å². The fraction of sp³-hybridized carbons (Fsp3) is 0.556. The first-order valence-corrected chi connectivity index (χ1v) is 3.82. The predicted molar refractivity (Wildman–Crippen MR) is 50.4 cm³/mol. The first-order valence-electron chi connectivity index (χ1n) is 3.82. The van der Waals surface area contributed by atoms with Crippen LogP contribution in [0.1, 0.15) is 19.5 Å². The Morgan fingerprint density at radius 2 is 2.23 bits per heavy atom. The van der Waals surface area contributed by atoms with Crippen molar-refractivity contribution in [2.24, 2.45) is 7.05 Å². The summed E-state index contributed by atoms with van der Waals surface area (Å²) in [7, 11) is 1.90. The first-order chi connectivity index (χ1) is 5.18. The Hall–Kier alpha value is 0.806. The van der Waals surface area contributed by atoms with Crippen molar-refractivity contribution in [3.63, 3.8) is 0 Å². The standard InChI is InChI=1S/C8H14N3.CH3.K/c1-7(2)9-6-8-4-5-11(3)10-8;;/h5,7,9H,6H2,1-3H3;1H3;/q2*-1;+1. The molecule has 0 aromatic carbocycles. The summed E-state index contributed by atoms with van der Waals surface area (Å²) >= 11 is 0. The quantitative estimate of drug-likeness (QED) is 0.466. The molecule has 0 saturated heterocycles. The van der Waals surface area contributed by atoms with Gasteiger partial charge in [0, 0.05) is 19.6 Å². The van der Waals surface area contributed by atoms with Crippen molar-refractivity contribution in [2.75, 3.05) is 0 Å². The molecule has 13 heavy (non-hydrogen) atoms. The Bertz CT molecular complexity index is 220. The molecular weight excluding hydrogens is 189 g/mol. The molecule has 0 saturated carbocycles. The van der Waals surface area contributed by atoms with Crippen molar-refractivity contribution < 1.29 is 51.4 Å². The second-order valence-electron chi connectivity index (χ2n) is 2.93. The van der Waals surface area contributed by atoms with Gasteiger partial charge in [-0.05, 0) is 0 Å². The fourth-order valence-electron chi connectivity index (χ4n) is 0.803. The second-order valence-corrected chi connectivity index (χ2v) is 2.93. The van der Waals surface area contributed by atoms with E-state index in [1.165, 1.54) is 0 Å². The molecule has 4 heteroatoms. The summed E-state index contributed by atoms with van der Waals surface area (Å²) in [5.74, 6) is 0. The van der Waals surface area contributed by atoms with Gasteiger partial charge in [0.2, 0.25) is 0 Å². The fourth-order valence-corrected chi connectivity index (χ4v) is 0.803. The minimum absolute atomic E-state index is 0. The normalized spacial score (nSPS) is 9.23. The molecule has 0 amide bonds. The number of aromatic nitrogens is 2. The number of nitrogens with one attached hydrogen (secondary N) is 1. The molecular formula is C9H17KN3-. The maximum absolute atomic E-state index is 4.18. The molecule has 0 bridgehead atoms. The molecule has 1 rings (SSSR count). The molecule has 3 nitrogen and oxygen atoms in total. The zero-order valence-electron chi connectivity index (χ0n) is 9.26. The van der Waals surface area contributed by atoms with Crippen molar-refractivity contribution in [3.05, 3.63) is 25.4 Å². The summed E-state index contributed by atoms with van der Waals surface area (Å²) in [4.78, 5) is 0. The van der Waals surface area contributed by atoms with E-state index in [-0.39, 0.29) is 58.8 Å². The monoisotopic (exact) mass is 206 g/mol. The van der Waals surface area contributed by atoms with Crippen molar-refractivity contribution in [3.8, 4) is 0 Å². The zero-order chi connectivity index (χ0) is 8.27. The van der Waals surface area contributed by atoms with Crippen LogP contribution in [-0.4, -0.2) is 15.8 Å². The van der Waals surface area contributed by atoms with Crippen LogP contribution in [0.3, 0.4) is 0 Å². The van der Waals surface area contributed by atoms with Crippen LogP contribution in [0, 0.1) is 13.5 Å². The summed E-state index contributed by atoms with van der Waals surface area (Å²) < 4.78 is 1.76. The van der Waals surface area contributed by atoms with E-state index in [4.69, 9.17) is 0 Å². The van der Waals surface area contributed by atoms with Crippen molar-refractivity contribution in [2.45, 2.75) is 26.4 Å². The molecule has 0 aliphatic heterocycles. The maximum atomic E-state index is 4.18. The van der Waals surface area contributed by atoms with E-state index in [9.17, 15) is 0 Å². The molecule has 0 atom stereocenters. The van der Waals surface area contributed by atoms with Crippen LogP contribution in [0.2, 0.25) is 0 Å². The molecule has 0 fully saturated rings. The van der Waals surface area contributed by atoms with Gasteiger partial charge in [0.25, 0.3) is 0 Å². The second kappa shape index (κ2) is 8.14. The van der Waals surface area contributed by atoms with Crippen LogP contribution in [0.15, 0.2) is 6.20 Å². The molecule has 1 heterocycles. The van der Waals surface area contributed by atoms with E-state index in [0.29, 0.717) is 6.04 Å². The van der Waals surface area contributed by atoms with Gasteiger partial charge >= 0.3 is 51.4 Å². The number of rotatable bonds is 3. The third kappa shape index (κ3) is 6.82. The Balaban J connectivity index is 0. The van der Waals surface area contributed by atoms with Gasteiger partial charge in [-0.3, -0.25) is 0 Å². The van der Waals surface area contributed by atoms with Gasteiger partial charge in [-0.15, -0.1) is 5.69 Å². The molecule has 0 unspecified atom stereocenters. The van der Waals surface area contributed by atoms with Gasteiger partial charge in [-0.25, -0.2) is 5.10 Å². The van der Waals surface area contributed by atoms with Crippen LogP contribution in [-0.2, 0) is 13.6 Å². The maximum Gasteiger partial charge on any atom is 1.00 e. The van der Waals surface area contributed by atoms with Crippen LogP contribution < -0.4 is 56.7 Å². The number of nitrogens with zero attached hydrogens (tertiary/aromatic N) is 2. The molecule has 0 radical (unpaired) electrons. The average Bonchev–Trinajstić information content (AvgIpc) is 2.31. The Kier molecular flexibility index (Phi) is 10.2. The number of hydrogen-bond donors (Lipinski definition) is 1. The van der Waals surface area contributed by atoms with Crippen LogP contribution >= 0.6 is 0 Å². The summed E-state index contributed by atoms with van der Waals surface area (Å²) in [6.07, 6.45) is 1.83.